The second kappa shape index (κ2) is 7.68. The second-order valence-corrected chi connectivity index (χ2v) is 5.96. The van der Waals surface area contributed by atoms with E-state index in [1.54, 1.807) is 19.2 Å². The highest BCUT2D eigenvalue weighted by Gasteiger charge is 2.23. The SMILES string of the molecule is C[C@H]([NH2+][C@H](C)C(=O)Nc1ccc(F)cc1Cl)c1ccc(F)cc1F. The average Bonchev–Trinajstić information content (AvgIpc) is 2.49. The molecule has 0 bridgehead atoms. The van der Waals surface area contributed by atoms with Gasteiger partial charge in [0.15, 0.2) is 6.04 Å². The monoisotopic (exact) mass is 357 g/mol. The van der Waals surface area contributed by atoms with Gasteiger partial charge in [-0.1, -0.05) is 11.6 Å². The maximum Gasteiger partial charge on any atom is 0.282 e. The molecule has 1 amide bonds. The minimum absolute atomic E-state index is 0.0909. The lowest BCUT2D eigenvalue weighted by Gasteiger charge is -2.17. The number of carbonyl (C=O) groups excluding carboxylic acids is 1. The molecule has 0 saturated carbocycles. The molecule has 0 aliphatic rings. The number of hydrogen-bond donors (Lipinski definition) is 2. The van der Waals surface area contributed by atoms with Crippen LogP contribution in [0.15, 0.2) is 36.4 Å². The molecule has 0 aliphatic heterocycles. The topological polar surface area (TPSA) is 45.7 Å². The van der Waals surface area contributed by atoms with E-state index in [2.05, 4.69) is 5.32 Å². The smallest absolute Gasteiger partial charge is 0.282 e. The molecular weight excluding hydrogens is 341 g/mol. The molecule has 0 saturated heterocycles. The first-order valence-electron chi connectivity index (χ1n) is 7.33. The van der Waals surface area contributed by atoms with Crippen LogP contribution < -0.4 is 10.6 Å². The number of nitrogens with one attached hydrogen (secondary N) is 1. The molecule has 7 heteroatoms. The van der Waals surface area contributed by atoms with Crippen molar-refractivity contribution in [3.63, 3.8) is 0 Å². The van der Waals surface area contributed by atoms with Gasteiger partial charge in [-0.15, -0.1) is 0 Å². The van der Waals surface area contributed by atoms with E-state index >= 15 is 0 Å². The van der Waals surface area contributed by atoms with Gasteiger partial charge >= 0.3 is 0 Å². The van der Waals surface area contributed by atoms with Crippen LogP contribution in [-0.4, -0.2) is 11.9 Å². The summed E-state index contributed by atoms with van der Waals surface area (Å²) < 4.78 is 39.7. The van der Waals surface area contributed by atoms with Crippen molar-refractivity contribution in [2.45, 2.75) is 25.9 Å². The highest BCUT2D eigenvalue weighted by molar-refractivity contribution is 6.33. The third-order valence-electron chi connectivity index (χ3n) is 3.63. The number of amides is 1. The first-order valence-corrected chi connectivity index (χ1v) is 7.71. The number of anilines is 1. The number of quaternary nitrogens is 1. The van der Waals surface area contributed by atoms with E-state index < -0.39 is 29.5 Å². The van der Waals surface area contributed by atoms with Crippen molar-refractivity contribution in [3.05, 3.63) is 64.4 Å². The minimum Gasteiger partial charge on any atom is -0.330 e. The summed E-state index contributed by atoms with van der Waals surface area (Å²) in [6.07, 6.45) is 0. The second-order valence-electron chi connectivity index (χ2n) is 5.55. The number of benzene rings is 2. The van der Waals surface area contributed by atoms with E-state index in [4.69, 9.17) is 11.6 Å². The lowest BCUT2D eigenvalue weighted by Crippen LogP contribution is -2.91. The largest absolute Gasteiger partial charge is 0.330 e. The summed E-state index contributed by atoms with van der Waals surface area (Å²) in [7, 11) is 0. The fourth-order valence-electron chi connectivity index (χ4n) is 2.33. The Hall–Kier alpha value is -2.05. The molecule has 128 valence electrons. The minimum atomic E-state index is -0.659. The van der Waals surface area contributed by atoms with Crippen LogP contribution in [0.4, 0.5) is 18.9 Å². The third-order valence-corrected chi connectivity index (χ3v) is 3.95. The molecule has 3 nitrogen and oxygen atoms in total. The quantitative estimate of drug-likeness (QED) is 0.846. The van der Waals surface area contributed by atoms with E-state index in [9.17, 15) is 18.0 Å². The van der Waals surface area contributed by atoms with Crippen molar-refractivity contribution < 1.29 is 23.3 Å². The predicted molar refractivity (Wildman–Crippen MR) is 86.2 cm³/mol. The molecular formula is C17H17ClF3N2O+. The Morgan fingerprint density at radius 1 is 1.08 bits per heavy atom. The van der Waals surface area contributed by atoms with Crippen LogP contribution in [0.25, 0.3) is 0 Å². The van der Waals surface area contributed by atoms with E-state index in [1.165, 1.54) is 24.3 Å². The number of nitrogens with two attached hydrogens (primary N) is 1. The molecule has 2 atom stereocenters. The first kappa shape index (κ1) is 18.3. The zero-order valence-corrected chi connectivity index (χ0v) is 13.9. The number of rotatable bonds is 5. The van der Waals surface area contributed by atoms with Crippen LogP contribution in [0.5, 0.6) is 0 Å². The van der Waals surface area contributed by atoms with E-state index in [1.807, 2.05) is 0 Å². The summed E-state index contributed by atoms with van der Waals surface area (Å²) in [6, 6.07) is 6.03. The van der Waals surface area contributed by atoms with Gasteiger partial charge in [0.2, 0.25) is 0 Å². The number of halogens is 4. The Balaban J connectivity index is 2.02. The predicted octanol–water partition coefficient (Wildman–Crippen LogP) is 3.41. The van der Waals surface area contributed by atoms with Gasteiger partial charge in [0.1, 0.15) is 23.5 Å². The van der Waals surface area contributed by atoms with E-state index in [-0.39, 0.29) is 10.9 Å². The maximum atomic E-state index is 13.8. The number of carbonyl (C=O) groups is 1. The van der Waals surface area contributed by atoms with Gasteiger partial charge < -0.3 is 10.6 Å². The first-order chi connectivity index (χ1) is 11.3. The lowest BCUT2D eigenvalue weighted by atomic mass is 10.1. The van der Waals surface area contributed by atoms with Crippen LogP contribution in [-0.2, 0) is 4.79 Å². The number of hydrogen-bond acceptors (Lipinski definition) is 1. The average molecular weight is 358 g/mol. The van der Waals surface area contributed by atoms with Crippen molar-refractivity contribution in [1.29, 1.82) is 0 Å². The maximum absolute atomic E-state index is 13.8. The van der Waals surface area contributed by atoms with Crippen LogP contribution in [0.3, 0.4) is 0 Å². The molecule has 24 heavy (non-hydrogen) atoms. The summed E-state index contributed by atoms with van der Waals surface area (Å²) in [4.78, 5) is 12.2. The summed E-state index contributed by atoms with van der Waals surface area (Å²) in [5.41, 5.74) is 0.597. The van der Waals surface area contributed by atoms with Gasteiger partial charge in [0.05, 0.1) is 10.7 Å². The Morgan fingerprint density at radius 2 is 1.71 bits per heavy atom. The normalized spacial score (nSPS) is 13.4. The van der Waals surface area contributed by atoms with Gasteiger partial charge in [-0.05, 0) is 44.2 Å². The molecule has 2 rings (SSSR count). The molecule has 0 fully saturated rings. The summed E-state index contributed by atoms with van der Waals surface area (Å²) in [5.74, 6) is -2.18. The van der Waals surface area contributed by atoms with E-state index in [0.717, 1.165) is 12.1 Å². The molecule has 0 aliphatic carbocycles. The zero-order valence-electron chi connectivity index (χ0n) is 13.1. The molecule has 0 unspecified atom stereocenters. The van der Waals surface area contributed by atoms with Crippen LogP contribution in [0.2, 0.25) is 5.02 Å². The highest BCUT2D eigenvalue weighted by Crippen LogP contribution is 2.22. The van der Waals surface area contributed by atoms with Crippen LogP contribution in [0, 0.1) is 17.5 Å². The fourth-order valence-corrected chi connectivity index (χ4v) is 2.55. The van der Waals surface area contributed by atoms with Gasteiger partial charge in [-0.2, -0.15) is 0 Å². The Labute approximate surface area is 142 Å². The van der Waals surface area contributed by atoms with Crippen molar-refractivity contribution in [3.8, 4) is 0 Å². The highest BCUT2D eigenvalue weighted by atomic mass is 35.5. The van der Waals surface area contributed by atoms with Crippen molar-refractivity contribution >= 4 is 23.2 Å². The van der Waals surface area contributed by atoms with Crippen molar-refractivity contribution in [2.75, 3.05) is 5.32 Å². The summed E-state index contributed by atoms with van der Waals surface area (Å²) in [6.45, 7) is 3.36. The fraction of sp³-hybridized carbons (Fsp3) is 0.235. The Kier molecular flexibility index (Phi) is 5.85. The molecule has 0 radical (unpaired) electrons. The summed E-state index contributed by atoms with van der Waals surface area (Å²) >= 11 is 5.87. The molecule has 2 aromatic carbocycles. The van der Waals surface area contributed by atoms with Gasteiger partial charge in [0.25, 0.3) is 5.91 Å². The molecule has 3 N–H and O–H groups in total. The third kappa shape index (κ3) is 4.49. The molecule has 0 spiro atoms. The van der Waals surface area contributed by atoms with Gasteiger partial charge in [-0.3, -0.25) is 4.79 Å². The summed E-state index contributed by atoms with van der Waals surface area (Å²) in [5, 5.41) is 4.33. The van der Waals surface area contributed by atoms with Gasteiger partial charge in [-0.25, -0.2) is 13.2 Å². The lowest BCUT2D eigenvalue weighted by molar-refractivity contribution is -0.710. The molecule has 0 heterocycles. The standard InChI is InChI=1S/C17H16ClF3N2O/c1-9(13-5-3-12(20)8-15(13)21)22-10(2)17(24)23-16-6-4-11(19)7-14(16)18/h3-10,22H,1-2H3,(H,23,24)/p+1/t9-,10+/m0/s1. The molecule has 2 aromatic rings. The van der Waals surface area contributed by atoms with Crippen LogP contribution in [0.1, 0.15) is 25.5 Å². The molecule has 0 aromatic heterocycles. The van der Waals surface area contributed by atoms with E-state index in [0.29, 0.717) is 11.3 Å². The Bertz CT molecular complexity index is 755. The van der Waals surface area contributed by atoms with Crippen molar-refractivity contribution in [2.24, 2.45) is 0 Å². The zero-order chi connectivity index (χ0) is 17.9. The Morgan fingerprint density at radius 3 is 2.33 bits per heavy atom. The van der Waals surface area contributed by atoms with Gasteiger partial charge in [0, 0.05) is 11.6 Å². The van der Waals surface area contributed by atoms with Crippen molar-refractivity contribution in [1.82, 2.24) is 0 Å². The van der Waals surface area contributed by atoms with Crippen LogP contribution >= 0.6 is 11.6 Å².